The maximum Gasteiger partial charge on any atom is 0.331 e. The lowest BCUT2D eigenvalue weighted by atomic mass is 10.1. The average molecular weight is 429 g/mol. The van der Waals surface area contributed by atoms with Crippen molar-refractivity contribution in [1.29, 1.82) is 0 Å². The molecule has 0 atom stereocenters. The number of benzene rings is 3. The number of anilines is 3. The Morgan fingerprint density at radius 2 is 1.64 bits per heavy atom. The van der Waals surface area contributed by atoms with Gasteiger partial charge in [0.15, 0.2) is 5.78 Å². The summed E-state index contributed by atoms with van der Waals surface area (Å²) < 4.78 is 0. The van der Waals surface area contributed by atoms with Gasteiger partial charge in [0, 0.05) is 21.0 Å². The van der Waals surface area contributed by atoms with E-state index in [2.05, 4.69) is 5.32 Å². The number of carbonyl (C=O) groups excluding carboxylic acids is 2. The molecule has 2 amide bonds. The Morgan fingerprint density at radius 1 is 0.893 bits per heavy atom. The third kappa shape index (κ3) is 3.49. The summed E-state index contributed by atoms with van der Waals surface area (Å²) in [5.41, 5.74) is 2.48. The number of urea groups is 1. The lowest BCUT2D eigenvalue weighted by Gasteiger charge is -2.31. The number of rotatable bonds is 2. The van der Waals surface area contributed by atoms with Crippen molar-refractivity contribution in [3.8, 4) is 0 Å². The van der Waals surface area contributed by atoms with Crippen LogP contribution in [0.1, 0.15) is 17.3 Å². The fraction of sp³-hybridized carbons (Fsp3) is 0.0476. The zero-order valence-corrected chi connectivity index (χ0v) is 17.0. The van der Waals surface area contributed by atoms with E-state index in [1.807, 2.05) is 30.3 Å². The molecule has 0 aromatic heterocycles. The molecule has 4 rings (SSSR count). The first-order valence-corrected chi connectivity index (χ1v) is 9.99. The second-order valence-corrected chi connectivity index (χ2v) is 8.10. The molecule has 3 aromatic rings. The average Bonchev–Trinajstić information content (AvgIpc) is 2.68. The van der Waals surface area contributed by atoms with Crippen LogP contribution in [-0.4, -0.2) is 11.8 Å². The van der Waals surface area contributed by atoms with Crippen molar-refractivity contribution in [3.05, 3.63) is 76.3 Å². The van der Waals surface area contributed by atoms with Crippen molar-refractivity contribution < 1.29 is 9.59 Å². The Labute approximate surface area is 176 Å². The molecule has 0 spiro atoms. The highest BCUT2D eigenvalue weighted by Gasteiger charge is 2.29. The molecule has 7 heteroatoms. The number of hydrogen-bond acceptors (Lipinski definition) is 3. The monoisotopic (exact) mass is 428 g/mol. The Balaban J connectivity index is 1.78. The van der Waals surface area contributed by atoms with E-state index >= 15 is 0 Å². The molecule has 0 unspecified atom stereocenters. The maximum absolute atomic E-state index is 13.2. The fourth-order valence-corrected chi connectivity index (χ4v) is 4.28. The number of nitrogens with zero attached hydrogens (tertiary/aromatic N) is 1. The van der Waals surface area contributed by atoms with Crippen LogP contribution >= 0.6 is 35.0 Å². The molecule has 4 nitrogen and oxygen atoms in total. The number of amides is 2. The number of ketones is 1. The Hall–Kier alpha value is -2.47. The van der Waals surface area contributed by atoms with E-state index in [0.717, 1.165) is 15.5 Å². The van der Waals surface area contributed by atoms with Gasteiger partial charge in [-0.25, -0.2) is 4.79 Å². The minimum atomic E-state index is -0.354. The van der Waals surface area contributed by atoms with E-state index in [9.17, 15) is 9.59 Å². The molecule has 1 aliphatic rings. The van der Waals surface area contributed by atoms with Gasteiger partial charge >= 0.3 is 6.03 Å². The van der Waals surface area contributed by atoms with Crippen molar-refractivity contribution in [1.82, 2.24) is 0 Å². The van der Waals surface area contributed by atoms with Crippen LogP contribution < -0.4 is 10.2 Å². The number of hydrogen-bond donors (Lipinski definition) is 1. The summed E-state index contributed by atoms with van der Waals surface area (Å²) >= 11 is 13.6. The first-order valence-electron chi connectivity index (χ1n) is 8.42. The summed E-state index contributed by atoms with van der Waals surface area (Å²) in [6.45, 7) is 1.51. The summed E-state index contributed by atoms with van der Waals surface area (Å²) in [7, 11) is 0. The van der Waals surface area contributed by atoms with Crippen LogP contribution in [0.4, 0.5) is 21.9 Å². The molecule has 140 valence electrons. The van der Waals surface area contributed by atoms with E-state index in [1.165, 1.54) is 6.92 Å². The van der Waals surface area contributed by atoms with Crippen LogP contribution in [0.2, 0.25) is 10.0 Å². The van der Waals surface area contributed by atoms with E-state index in [-0.39, 0.29) is 11.8 Å². The molecular weight excluding hydrogens is 415 g/mol. The van der Waals surface area contributed by atoms with Crippen LogP contribution in [0.5, 0.6) is 0 Å². The predicted molar refractivity (Wildman–Crippen MR) is 115 cm³/mol. The molecule has 1 aliphatic heterocycles. The zero-order chi connectivity index (χ0) is 19.8. The van der Waals surface area contributed by atoms with Crippen LogP contribution in [-0.2, 0) is 0 Å². The molecule has 0 saturated heterocycles. The summed E-state index contributed by atoms with van der Waals surface area (Å²) in [6.07, 6.45) is 0. The van der Waals surface area contributed by atoms with E-state index in [0.29, 0.717) is 27.0 Å². The zero-order valence-electron chi connectivity index (χ0n) is 14.7. The highest BCUT2D eigenvalue weighted by Crippen LogP contribution is 2.48. The van der Waals surface area contributed by atoms with Crippen molar-refractivity contribution in [2.24, 2.45) is 0 Å². The molecule has 28 heavy (non-hydrogen) atoms. The third-order valence-corrected chi connectivity index (χ3v) is 6.18. The van der Waals surface area contributed by atoms with Gasteiger partial charge in [0.25, 0.3) is 0 Å². The molecule has 1 heterocycles. The van der Waals surface area contributed by atoms with Crippen LogP contribution in [0.15, 0.2) is 70.5 Å². The molecule has 0 aliphatic carbocycles. The third-order valence-electron chi connectivity index (χ3n) is 4.31. The molecule has 0 saturated carbocycles. The minimum Gasteiger partial charge on any atom is -0.307 e. The quantitative estimate of drug-likeness (QED) is 0.445. The molecule has 1 N–H and O–H groups in total. The van der Waals surface area contributed by atoms with Crippen molar-refractivity contribution >= 4 is 63.8 Å². The molecule has 0 radical (unpaired) electrons. The van der Waals surface area contributed by atoms with Gasteiger partial charge in [0.2, 0.25) is 0 Å². The number of nitrogens with one attached hydrogen (secondary N) is 1. The van der Waals surface area contributed by atoms with Gasteiger partial charge in [-0.1, -0.05) is 53.2 Å². The number of para-hydroxylation sites is 1. The Morgan fingerprint density at radius 3 is 2.39 bits per heavy atom. The number of Topliss-reactive ketones (excluding diaryl/α,β-unsaturated/α-hetero) is 1. The second kappa shape index (κ2) is 7.51. The highest BCUT2D eigenvalue weighted by atomic mass is 35.5. The van der Waals surface area contributed by atoms with Gasteiger partial charge in [-0.3, -0.25) is 9.69 Å². The van der Waals surface area contributed by atoms with Crippen LogP contribution in [0.3, 0.4) is 0 Å². The van der Waals surface area contributed by atoms with Crippen molar-refractivity contribution in [3.63, 3.8) is 0 Å². The van der Waals surface area contributed by atoms with Crippen molar-refractivity contribution in [2.45, 2.75) is 16.7 Å². The number of halogens is 2. The Kier molecular flexibility index (Phi) is 5.06. The lowest BCUT2D eigenvalue weighted by molar-refractivity contribution is 0.101. The topological polar surface area (TPSA) is 49.4 Å². The first kappa shape index (κ1) is 18.9. The largest absolute Gasteiger partial charge is 0.331 e. The van der Waals surface area contributed by atoms with Crippen LogP contribution in [0, 0.1) is 0 Å². The SMILES string of the molecule is CC(=O)c1ccc2c(c1)N(C(=O)Nc1ccc(Cl)c(Cl)c1)c1ccccc1S2. The predicted octanol–water partition coefficient (Wildman–Crippen LogP) is 7.03. The van der Waals surface area contributed by atoms with Crippen molar-refractivity contribution in [2.75, 3.05) is 10.2 Å². The van der Waals surface area contributed by atoms with E-state index in [4.69, 9.17) is 23.2 Å². The summed E-state index contributed by atoms with van der Waals surface area (Å²) in [6, 6.07) is 17.6. The van der Waals surface area contributed by atoms with Gasteiger partial charge in [-0.15, -0.1) is 0 Å². The second-order valence-electron chi connectivity index (χ2n) is 6.20. The molecular formula is C21H14Cl2N2O2S. The molecule has 0 bridgehead atoms. The van der Waals surface area contributed by atoms with Gasteiger partial charge in [-0.05, 0) is 49.4 Å². The smallest absolute Gasteiger partial charge is 0.307 e. The minimum absolute atomic E-state index is 0.0588. The maximum atomic E-state index is 13.2. The fourth-order valence-electron chi connectivity index (χ4n) is 2.95. The standard InChI is InChI=1S/C21H14Cl2N2O2S/c1-12(26)13-6-9-20-18(10-13)25(17-4-2-3-5-19(17)28-20)21(27)24-14-7-8-15(22)16(23)11-14/h2-11H,1H3,(H,24,27). The van der Waals surface area contributed by atoms with E-state index < -0.39 is 0 Å². The van der Waals surface area contributed by atoms with Gasteiger partial charge in [0.1, 0.15) is 0 Å². The first-order chi connectivity index (χ1) is 13.4. The van der Waals surface area contributed by atoms with E-state index in [1.54, 1.807) is 47.0 Å². The van der Waals surface area contributed by atoms with Crippen LogP contribution in [0.25, 0.3) is 0 Å². The number of carbonyl (C=O) groups is 2. The molecule has 0 fully saturated rings. The molecule has 3 aromatic carbocycles. The summed E-state index contributed by atoms with van der Waals surface area (Å²) in [5, 5.41) is 3.63. The highest BCUT2D eigenvalue weighted by molar-refractivity contribution is 7.99. The summed E-state index contributed by atoms with van der Waals surface area (Å²) in [4.78, 5) is 28.5. The number of fused-ring (bicyclic) bond motifs is 2. The van der Waals surface area contributed by atoms with Gasteiger partial charge < -0.3 is 5.32 Å². The summed E-state index contributed by atoms with van der Waals surface area (Å²) in [5.74, 6) is -0.0588. The normalized spacial score (nSPS) is 12.2. The van der Waals surface area contributed by atoms with Gasteiger partial charge in [0.05, 0.1) is 21.4 Å². The van der Waals surface area contributed by atoms with Gasteiger partial charge in [-0.2, -0.15) is 0 Å². The Bertz CT molecular complexity index is 1120. The lowest BCUT2D eigenvalue weighted by Crippen LogP contribution is -2.32.